The molecule has 102 valence electrons. The number of pyridine rings is 3. The molecule has 0 amide bonds. The first-order chi connectivity index (χ1) is 10.3. The molecular formula is C18H15N3. The number of rotatable bonds is 3. The molecular weight excluding hydrogens is 258 g/mol. The third kappa shape index (κ3) is 3.03. The summed E-state index contributed by atoms with van der Waals surface area (Å²) in [5.41, 5.74) is 5.21. The largest absolute Gasteiger partial charge is 0.265 e. The standard InChI is InChI=1S/C18H15N3/c1-14-16(6-5-15-7-11-19-12-8-15)9-13-21-18(14)17-4-2-3-10-20-17/h2-13H,1H3. The van der Waals surface area contributed by atoms with Crippen LogP contribution in [0.1, 0.15) is 16.7 Å². The molecule has 21 heavy (non-hydrogen) atoms. The number of hydrogen-bond acceptors (Lipinski definition) is 3. The molecule has 0 aliphatic rings. The molecule has 0 radical (unpaired) electrons. The van der Waals surface area contributed by atoms with Gasteiger partial charge < -0.3 is 0 Å². The fraction of sp³-hybridized carbons (Fsp3) is 0.0556. The SMILES string of the molecule is Cc1c(C=Cc2ccncc2)ccnc1-c1ccccn1. The molecule has 0 atom stereocenters. The average molecular weight is 273 g/mol. The highest BCUT2D eigenvalue weighted by atomic mass is 14.8. The Balaban J connectivity index is 1.96. The Kier molecular flexibility index (Phi) is 3.83. The maximum absolute atomic E-state index is 4.46. The van der Waals surface area contributed by atoms with Gasteiger partial charge >= 0.3 is 0 Å². The first-order valence-corrected chi connectivity index (χ1v) is 6.80. The summed E-state index contributed by atoms with van der Waals surface area (Å²) in [6.45, 7) is 2.07. The minimum Gasteiger partial charge on any atom is -0.265 e. The van der Waals surface area contributed by atoms with Gasteiger partial charge in [-0.1, -0.05) is 18.2 Å². The van der Waals surface area contributed by atoms with Crippen molar-refractivity contribution in [1.29, 1.82) is 0 Å². The van der Waals surface area contributed by atoms with Crippen molar-refractivity contribution in [2.75, 3.05) is 0 Å². The average Bonchev–Trinajstić information content (AvgIpc) is 2.56. The van der Waals surface area contributed by atoms with Crippen LogP contribution in [-0.4, -0.2) is 15.0 Å². The highest BCUT2D eigenvalue weighted by Crippen LogP contribution is 2.22. The lowest BCUT2D eigenvalue weighted by Gasteiger charge is -2.07. The zero-order chi connectivity index (χ0) is 14.5. The van der Waals surface area contributed by atoms with E-state index in [1.54, 1.807) is 18.6 Å². The monoisotopic (exact) mass is 273 g/mol. The van der Waals surface area contributed by atoms with Crippen LogP contribution in [0.4, 0.5) is 0 Å². The Hall–Kier alpha value is -2.81. The molecule has 3 nitrogen and oxygen atoms in total. The van der Waals surface area contributed by atoms with E-state index in [2.05, 4.69) is 34.0 Å². The Bertz CT molecular complexity index is 750. The first-order valence-electron chi connectivity index (χ1n) is 6.80. The van der Waals surface area contributed by atoms with E-state index >= 15 is 0 Å². The van der Waals surface area contributed by atoms with Gasteiger partial charge in [0.1, 0.15) is 0 Å². The van der Waals surface area contributed by atoms with Gasteiger partial charge in [0.25, 0.3) is 0 Å². The number of nitrogens with zero attached hydrogens (tertiary/aromatic N) is 3. The summed E-state index contributed by atoms with van der Waals surface area (Å²) in [6.07, 6.45) is 11.4. The van der Waals surface area contributed by atoms with E-state index in [0.717, 1.165) is 28.1 Å². The smallest absolute Gasteiger partial charge is 0.0921 e. The molecule has 0 aliphatic heterocycles. The van der Waals surface area contributed by atoms with Crippen LogP contribution in [0.25, 0.3) is 23.5 Å². The molecule has 3 aromatic rings. The van der Waals surface area contributed by atoms with Crippen LogP contribution in [0.15, 0.2) is 61.2 Å². The zero-order valence-electron chi connectivity index (χ0n) is 11.8. The van der Waals surface area contributed by atoms with Crippen molar-refractivity contribution in [3.8, 4) is 11.4 Å². The van der Waals surface area contributed by atoms with Crippen LogP contribution in [-0.2, 0) is 0 Å². The molecule has 3 heterocycles. The third-order valence-electron chi connectivity index (χ3n) is 3.31. The molecule has 0 saturated heterocycles. The second-order valence-corrected chi connectivity index (χ2v) is 4.70. The number of aromatic nitrogens is 3. The summed E-state index contributed by atoms with van der Waals surface area (Å²) >= 11 is 0. The normalized spacial score (nSPS) is 10.9. The van der Waals surface area contributed by atoms with E-state index in [4.69, 9.17) is 0 Å². The fourth-order valence-corrected chi connectivity index (χ4v) is 2.15. The quantitative estimate of drug-likeness (QED) is 0.723. The van der Waals surface area contributed by atoms with Crippen molar-refractivity contribution in [1.82, 2.24) is 15.0 Å². The van der Waals surface area contributed by atoms with Crippen molar-refractivity contribution in [3.05, 3.63) is 77.9 Å². The van der Waals surface area contributed by atoms with Crippen LogP contribution in [0.3, 0.4) is 0 Å². The Morgan fingerprint density at radius 1 is 0.810 bits per heavy atom. The van der Waals surface area contributed by atoms with E-state index in [9.17, 15) is 0 Å². The predicted octanol–water partition coefficient (Wildman–Crippen LogP) is 4.02. The van der Waals surface area contributed by atoms with Gasteiger partial charge in [-0.2, -0.15) is 0 Å². The van der Waals surface area contributed by atoms with Crippen LogP contribution >= 0.6 is 0 Å². The molecule has 0 aliphatic carbocycles. The summed E-state index contributed by atoms with van der Waals surface area (Å²) in [5, 5.41) is 0. The van der Waals surface area contributed by atoms with Gasteiger partial charge in [0.05, 0.1) is 11.4 Å². The molecule has 0 bridgehead atoms. The van der Waals surface area contributed by atoms with Gasteiger partial charge in [-0.25, -0.2) is 0 Å². The highest BCUT2D eigenvalue weighted by Gasteiger charge is 2.06. The minimum absolute atomic E-state index is 0.897. The molecule has 3 heteroatoms. The summed E-state index contributed by atoms with van der Waals surface area (Å²) in [5.74, 6) is 0. The second kappa shape index (κ2) is 6.09. The molecule has 0 saturated carbocycles. The van der Waals surface area contributed by atoms with Crippen LogP contribution < -0.4 is 0 Å². The molecule has 0 N–H and O–H groups in total. The lowest BCUT2D eigenvalue weighted by Crippen LogP contribution is -1.92. The van der Waals surface area contributed by atoms with E-state index < -0.39 is 0 Å². The second-order valence-electron chi connectivity index (χ2n) is 4.70. The van der Waals surface area contributed by atoms with Gasteiger partial charge in [-0.05, 0) is 53.9 Å². The van der Waals surface area contributed by atoms with E-state index in [1.807, 2.05) is 42.6 Å². The maximum atomic E-state index is 4.46. The van der Waals surface area contributed by atoms with Crippen molar-refractivity contribution in [3.63, 3.8) is 0 Å². The fourth-order valence-electron chi connectivity index (χ4n) is 2.15. The van der Waals surface area contributed by atoms with E-state index in [-0.39, 0.29) is 0 Å². The van der Waals surface area contributed by atoms with Gasteiger partial charge in [-0.15, -0.1) is 0 Å². The Morgan fingerprint density at radius 2 is 1.67 bits per heavy atom. The molecule has 3 aromatic heterocycles. The van der Waals surface area contributed by atoms with Gasteiger partial charge in [0, 0.05) is 24.8 Å². The molecule has 3 rings (SSSR count). The Labute approximate surface area is 124 Å². The summed E-state index contributed by atoms with van der Waals surface area (Å²) in [6, 6.07) is 11.8. The predicted molar refractivity (Wildman–Crippen MR) is 85.4 cm³/mol. The summed E-state index contributed by atoms with van der Waals surface area (Å²) in [7, 11) is 0. The maximum Gasteiger partial charge on any atom is 0.0921 e. The van der Waals surface area contributed by atoms with Crippen LogP contribution in [0.5, 0.6) is 0 Å². The minimum atomic E-state index is 0.897. The van der Waals surface area contributed by atoms with E-state index in [0.29, 0.717) is 0 Å². The summed E-state index contributed by atoms with van der Waals surface area (Å²) in [4.78, 5) is 12.9. The highest BCUT2D eigenvalue weighted by molar-refractivity contribution is 5.74. The van der Waals surface area contributed by atoms with Crippen molar-refractivity contribution < 1.29 is 0 Å². The third-order valence-corrected chi connectivity index (χ3v) is 3.31. The van der Waals surface area contributed by atoms with Crippen molar-refractivity contribution in [2.24, 2.45) is 0 Å². The van der Waals surface area contributed by atoms with Gasteiger partial charge in [0.2, 0.25) is 0 Å². The Morgan fingerprint density at radius 3 is 2.43 bits per heavy atom. The van der Waals surface area contributed by atoms with Crippen LogP contribution in [0, 0.1) is 6.92 Å². The first kappa shape index (κ1) is 13.2. The van der Waals surface area contributed by atoms with Crippen LogP contribution in [0.2, 0.25) is 0 Å². The van der Waals surface area contributed by atoms with Crippen molar-refractivity contribution >= 4 is 12.2 Å². The zero-order valence-corrected chi connectivity index (χ0v) is 11.8. The molecule has 0 aromatic carbocycles. The molecule has 0 spiro atoms. The van der Waals surface area contributed by atoms with Crippen molar-refractivity contribution in [2.45, 2.75) is 6.92 Å². The molecule has 0 fully saturated rings. The van der Waals surface area contributed by atoms with E-state index in [1.165, 1.54) is 0 Å². The summed E-state index contributed by atoms with van der Waals surface area (Å²) < 4.78 is 0. The topological polar surface area (TPSA) is 38.7 Å². The lowest BCUT2D eigenvalue weighted by molar-refractivity contribution is 1.21. The van der Waals surface area contributed by atoms with Gasteiger partial charge in [0.15, 0.2) is 0 Å². The van der Waals surface area contributed by atoms with Gasteiger partial charge in [-0.3, -0.25) is 15.0 Å². The lowest BCUT2D eigenvalue weighted by atomic mass is 10.0. The molecule has 0 unspecified atom stereocenters. The number of hydrogen-bond donors (Lipinski definition) is 0.